The molecule has 3 atom stereocenters. The minimum absolute atomic E-state index is 0.0190. The number of imide groups is 1. The normalized spacial score (nSPS) is 23.1. The maximum Gasteiger partial charge on any atom is 0.276 e. The van der Waals surface area contributed by atoms with Crippen molar-refractivity contribution in [2.75, 3.05) is 13.7 Å². The van der Waals surface area contributed by atoms with Crippen LogP contribution in [0.3, 0.4) is 0 Å². The number of piperidine rings is 1. The third-order valence-corrected chi connectivity index (χ3v) is 6.92. The number of hydrogen-bond donors (Lipinski definition) is 1. The second kappa shape index (κ2) is 8.64. The number of carbonyl (C=O) groups is 4. The summed E-state index contributed by atoms with van der Waals surface area (Å²) in [6, 6.07) is 4.48. The van der Waals surface area contributed by atoms with Crippen molar-refractivity contribution in [3.63, 3.8) is 0 Å². The van der Waals surface area contributed by atoms with Crippen LogP contribution in [0.1, 0.15) is 59.0 Å². The van der Waals surface area contributed by atoms with E-state index in [1.54, 1.807) is 36.3 Å². The van der Waals surface area contributed by atoms with Gasteiger partial charge in [0.05, 0.1) is 24.0 Å². The van der Waals surface area contributed by atoms with Crippen LogP contribution in [0.5, 0.6) is 0 Å². The van der Waals surface area contributed by atoms with Crippen LogP contribution in [0.4, 0.5) is 0 Å². The number of ether oxygens (including phenoxy) is 1. The minimum Gasteiger partial charge on any atom is -0.376 e. The van der Waals surface area contributed by atoms with Crippen LogP contribution in [-0.4, -0.2) is 80.3 Å². The van der Waals surface area contributed by atoms with E-state index in [1.807, 2.05) is 6.92 Å². The maximum absolute atomic E-state index is 12.9. The first-order valence-corrected chi connectivity index (χ1v) is 11.4. The van der Waals surface area contributed by atoms with E-state index < -0.39 is 11.9 Å². The second-order valence-electron chi connectivity index (χ2n) is 9.00. The molecule has 2 aromatic rings. The van der Waals surface area contributed by atoms with Gasteiger partial charge in [-0.25, -0.2) is 4.68 Å². The van der Waals surface area contributed by atoms with E-state index in [-0.39, 0.29) is 48.5 Å². The van der Waals surface area contributed by atoms with Gasteiger partial charge in [0.2, 0.25) is 11.8 Å². The summed E-state index contributed by atoms with van der Waals surface area (Å²) in [6.07, 6.45) is 4.02. The lowest BCUT2D eigenvalue weighted by atomic mass is 10.0. The Morgan fingerprint density at radius 3 is 2.82 bits per heavy atom. The van der Waals surface area contributed by atoms with Crippen molar-refractivity contribution in [2.24, 2.45) is 0 Å². The van der Waals surface area contributed by atoms with Gasteiger partial charge in [0, 0.05) is 32.2 Å². The van der Waals surface area contributed by atoms with E-state index in [4.69, 9.17) is 4.74 Å². The fourth-order valence-corrected chi connectivity index (χ4v) is 4.79. The van der Waals surface area contributed by atoms with E-state index in [9.17, 15) is 19.2 Å². The summed E-state index contributed by atoms with van der Waals surface area (Å²) >= 11 is 0. The van der Waals surface area contributed by atoms with Gasteiger partial charge >= 0.3 is 0 Å². The molecule has 0 radical (unpaired) electrons. The molecule has 1 aromatic carbocycles. The van der Waals surface area contributed by atoms with Crippen molar-refractivity contribution in [1.29, 1.82) is 0 Å². The van der Waals surface area contributed by atoms with E-state index in [1.165, 1.54) is 9.58 Å². The molecule has 1 N–H and O–H groups in total. The third-order valence-electron chi connectivity index (χ3n) is 6.92. The topological polar surface area (TPSA) is 127 Å². The van der Waals surface area contributed by atoms with Crippen LogP contribution in [0.25, 0.3) is 5.69 Å². The summed E-state index contributed by atoms with van der Waals surface area (Å²) in [7, 11) is 1.73. The Labute approximate surface area is 196 Å². The number of nitrogens with one attached hydrogen (secondary N) is 1. The standard InChI is InChI=1S/C23H26N6O5/c1-13(19-4-3-9-34-19)27(2)23(33)17-12-29(26-25-17)15-5-6-16-14(10-15)11-28(22(16)32)18-7-8-20(30)24-21(18)31/h5-6,10,12-13,18-19H,3-4,7-9,11H2,1-2H3,(H,24,30,31). The molecule has 0 bridgehead atoms. The lowest BCUT2D eigenvalue weighted by Gasteiger charge is -2.29. The van der Waals surface area contributed by atoms with Gasteiger partial charge in [-0.1, -0.05) is 5.21 Å². The Hall–Kier alpha value is -3.60. The number of hydrogen-bond acceptors (Lipinski definition) is 7. The predicted octanol–water partition coefficient (Wildman–Crippen LogP) is 0.668. The van der Waals surface area contributed by atoms with Crippen LogP contribution in [0.15, 0.2) is 24.4 Å². The fraction of sp³-hybridized carbons (Fsp3) is 0.478. The number of carbonyl (C=O) groups excluding carboxylic acids is 4. The molecule has 2 saturated heterocycles. The summed E-state index contributed by atoms with van der Waals surface area (Å²) in [6.45, 7) is 2.94. The van der Waals surface area contributed by atoms with Crippen LogP contribution in [0.2, 0.25) is 0 Å². The molecule has 1 aromatic heterocycles. The van der Waals surface area contributed by atoms with Crippen molar-refractivity contribution in [2.45, 2.75) is 57.3 Å². The first kappa shape index (κ1) is 22.2. The molecule has 2 fully saturated rings. The first-order valence-electron chi connectivity index (χ1n) is 11.4. The number of fused-ring (bicyclic) bond motifs is 1. The molecule has 0 saturated carbocycles. The molecule has 34 heavy (non-hydrogen) atoms. The molecule has 11 heteroatoms. The highest BCUT2D eigenvalue weighted by atomic mass is 16.5. The summed E-state index contributed by atoms with van der Waals surface area (Å²) in [5, 5.41) is 10.5. The Bertz CT molecular complexity index is 1170. The molecule has 0 spiro atoms. The van der Waals surface area contributed by atoms with Crippen LogP contribution >= 0.6 is 0 Å². The molecule has 3 aliphatic rings. The van der Waals surface area contributed by atoms with E-state index >= 15 is 0 Å². The van der Waals surface area contributed by atoms with E-state index in [0.29, 0.717) is 17.7 Å². The molecular formula is C23H26N6O5. The second-order valence-corrected chi connectivity index (χ2v) is 9.00. The number of benzene rings is 1. The minimum atomic E-state index is -0.669. The number of rotatable bonds is 5. The molecule has 3 aliphatic heterocycles. The van der Waals surface area contributed by atoms with Crippen LogP contribution in [-0.2, 0) is 20.9 Å². The fourth-order valence-electron chi connectivity index (χ4n) is 4.79. The summed E-state index contributed by atoms with van der Waals surface area (Å²) in [5.41, 5.74) is 2.13. The average Bonchev–Trinajstić information content (AvgIpc) is 3.58. The van der Waals surface area contributed by atoms with Crippen molar-refractivity contribution in [3.05, 3.63) is 41.2 Å². The molecule has 4 heterocycles. The van der Waals surface area contributed by atoms with Gasteiger partial charge in [0.25, 0.3) is 11.8 Å². The predicted molar refractivity (Wildman–Crippen MR) is 118 cm³/mol. The highest BCUT2D eigenvalue weighted by Gasteiger charge is 2.39. The number of nitrogens with zero attached hydrogens (tertiary/aromatic N) is 5. The van der Waals surface area contributed by atoms with E-state index in [0.717, 1.165) is 25.0 Å². The van der Waals surface area contributed by atoms with Gasteiger partial charge in [-0.2, -0.15) is 0 Å². The number of aromatic nitrogens is 3. The molecule has 178 valence electrons. The van der Waals surface area contributed by atoms with Crippen molar-refractivity contribution in [1.82, 2.24) is 30.1 Å². The Balaban J connectivity index is 1.32. The van der Waals surface area contributed by atoms with Crippen molar-refractivity contribution in [3.8, 4) is 5.69 Å². The molecule has 0 aliphatic carbocycles. The van der Waals surface area contributed by atoms with Crippen molar-refractivity contribution >= 4 is 23.6 Å². The number of likely N-dealkylation sites (N-methyl/N-ethyl adjacent to an activating group) is 1. The molecule has 4 amide bonds. The van der Waals surface area contributed by atoms with Gasteiger partial charge in [0.15, 0.2) is 5.69 Å². The SMILES string of the molecule is CC(C1CCCO1)N(C)C(=O)c1cn(-c2ccc3c(c2)CN(C2CCC(=O)NC2=O)C3=O)nn1. The van der Waals surface area contributed by atoms with Gasteiger partial charge in [0.1, 0.15) is 6.04 Å². The smallest absolute Gasteiger partial charge is 0.276 e. The zero-order chi connectivity index (χ0) is 24.0. The van der Waals surface area contributed by atoms with Crippen molar-refractivity contribution < 1.29 is 23.9 Å². The summed E-state index contributed by atoms with van der Waals surface area (Å²) < 4.78 is 7.20. The highest BCUT2D eigenvalue weighted by Crippen LogP contribution is 2.29. The van der Waals surface area contributed by atoms with Gasteiger partial charge in [-0.3, -0.25) is 24.5 Å². The molecule has 11 nitrogen and oxygen atoms in total. The maximum atomic E-state index is 12.9. The first-order chi connectivity index (χ1) is 16.3. The average molecular weight is 466 g/mol. The lowest BCUT2D eigenvalue weighted by molar-refractivity contribution is -0.136. The summed E-state index contributed by atoms with van der Waals surface area (Å²) in [5.74, 6) is -1.25. The molecule has 3 unspecified atom stereocenters. The molecular weight excluding hydrogens is 440 g/mol. The highest BCUT2D eigenvalue weighted by molar-refractivity contribution is 6.05. The Morgan fingerprint density at radius 1 is 1.26 bits per heavy atom. The Morgan fingerprint density at radius 2 is 2.09 bits per heavy atom. The lowest BCUT2D eigenvalue weighted by Crippen LogP contribution is -2.52. The van der Waals surface area contributed by atoms with Crippen LogP contribution < -0.4 is 5.32 Å². The monoisotopic (exact) mass is 466 g/mol. The molecule has 5 rings (SSSR count). The zero-order valence-corrected chi connectivity index (χ0v) is 19.1. The van der Waals surface area contributed by atoms with Gasteiger partial charge in [-0.05, 0) is 49.9 Å². The largest absolute Gasteiger partial charge is 0.376 e. The zero-order valence-electron chi connectivity index (χ0n) is 19.1. The van der Waals surface area contributed by atoms with Crippen LogP contribution in [0, 0.1) is 0 Å². The van der Waals surface area contributed by atoms with Gasteiger partial charge < -0.3 is 14.5 Å². The Kier molecular flexibility index (Phi) is 5.64. The van der Waals surface area contributed by atoms with Gasteiger partial charge in [-0.15, -0.1) is 5.10 Å². The third kappa shape index (κ3) is 3.85. The number of amides is 4. The van der Waals surface area contributed by atoms with E-state index in [2.05, 4.69) is 15.6 Å². The quantitative estimate of drug-likeness (QED) is 0.642. The summed E-state index contributed by atoms with van der Waals surface area (Å²) in [4.78, 5) is 52.6.